The molecule has 0 heterocycles. The van der Waals surface area contributed by atoms with E-state index in [1.807, 2.05) is 0 Å². The molecular weight excluding hydrogens is 102 g/mol. The average Bonchev–Trinajstić information content (AvgIpc) is 1.35. The summed E-state index contributed by atoms with van der Waals surface area (Å²) in [5.74, 6) is -0.0556. The van der Waals surface area contributed by atoms with Crippen LogP contribution in [0.4, 0.5) is 0 Å². The first-order valence-corrected chi connectivity index (χ1v) is 2.61. The molecule has 1 unspecified atom stereocenters. The molecule has 36 valence electrons. The molecule has 0 bridgehead atoms. The van der Waals surface area contributed by atoms with E-state index in [4.69, 9.17) is 9.96 Å². The van der Waals surface area contributed by atoms with Crippen LogP contribution >= 0.6 is 0 Å². The highest BCUT2D eigenvalue weighted by Gasteiger charge is 1.81. The third-order valence-corrected chi connectivity index (χ3v) is 0.678. The summed E-state index contributed by atoms with van der Waals surface area (Å²) in [6.07, 6.45) is 0.899. The van der Waals surface area contributed by atoms with Crippen LogP contribution in [0.1, 0.15) is 0 Å². The molecular formula is C2H5NO2S. The number of nitrogens with one attached hydrogen (secondary N) is 1. The lowest BCUT2D eigenvalue weighted by molar-refractivity contribution is 0.569. The maximum Gasteiger partial charge on any atom is 0.158 e. The molecule has 4 heteroatoms. The summed E-state index contributed by atoms with van der Waals surface area (Å²) in [6.45, 7) is 0. The fourth-order valence-corrected chi connectivity index (χ4v) is 0.214. The Hall–Kier alpha value is -0.220. The van der Waals surface area contributed by atoms with Crippen molar-refractivity contribution in [2.45, 2.75) is 0 Å². The highest BCUT2D eigenvalue weighted by molar-refractivity contribution is 7.79. The van der Waals surface area contributed by atoms with E-state index in [-0.39, 0.29) is 5.75 Å². The van der Waals surface area contributed by atoms with Gasteiger partial charge in [-0.25, -0.2) is 4.21 Å². The summed E-state index contributed by atoms with van der Waals surface area (Å²) in [4.78, 5) is 0. The highest BCUT2D eigenvalue weighted by Crippen LogP contribution is 1.62. The van der Waals surface area contributed by atoms with E-state index in [0.717, 1.165) is 6.21 Å². The lowest BCUT2D eigenvalue weighted by Gasteiger charge is -1.75. The topological polar surface area (TPSA) is 61.2 Å². The Morgan fingerprint density at radius 1 is 2.00 bits per heavy atom. The molecule has 3 nitrogen and oxygen atoms in total. The van der Waals surface area contributed by atoms with Crippen molar-refractivity contribution in [1.29, 1.82) is 5.41 Å². The van der Waals surface area contributed by atoms with Crippen molar-refractivity contribution in [3.05, 3.63) is 0 Å². The van der Waals surface area contributed by atoms with Crippen LogP contribution in [0.2, 0.25) is 0 Å². The molecule has 0 amide bonds. The monoisotopic (exact) mass is 107 g/mol. The fourth-order valence-electron chi connectivity index (χ4n) is 0.0713. The van der Waals surface area contributed by atoms with Gasteiger partial charge in [-0.05, 0) is 0 Å². The Labute approximate surface area is 38.2 Å². The number of hydrogen-bond donors (Lipinski definition) is 2. The largest absolute Gasteiger partial charge is 0.312 e. The van der Waals surface area contributed by atoms with Gasteiger partial charge in [-0.15, -0.1) is 0 Å². The number of rotatable bonds is 2. The van der Waals surface area contributed by atoms with Crippen molar-refractivity contribution in [2.24, 2.45) is 0 Å². The van der Waals surface area contributed by atoms with Crippen molar-refractivity contribution in [3.8, 4) is 0 Å². The van der Waals surface area contributed by atoms with Gasteiger partial charge in [0.05, 0.1) is 5.75 Å². The Morgan fingerprint density at radius 3 is 2.50 bits per heavy atom. The van der Waals surface area contributed by atoms with Gasteiger partial charge < -0.3 is 9.96 Å². The molecule has 0 aromatic heterocycles. The van der Waals surface area contributed by atoms with Gasteiger partial charge in [0.1, 0.15) is 0 Å². The van der Waals surface area contributed by atoms with Gasteiger partial charge in [-0.2, -0.15) is 0 Å². The standard InChI is InChI=1S/C2H5NO2S/c3-1-2-6(4)5/h1,3H,2H2,(H,4,5). The normalized spacial score (nSPS) is 13.5. The van der Waals surface area contributed by atoms with Crippen LogP contribution in [-0.2, 0) is 11.1 Å². The van der Waals surface area contributed by atoms with Gasteiger partial charge in [0.2, 0.25) is 0 Å². The second kappa shape index (κ2) is 2.99. The van der Waals surface area contributed by atoms with Crippen molar-refractivity contribution >= 4 is 17.3 Å². The fraction of sp³-hybridized carbons (Fsp3) is 0.500. The first kappa shape index (κ1) is 5.78. The predicted molar refractivity (Wildman–Crippen MR) is 24.4 cm³/mol. The van der Waals surface area contributed by atoms with Crippen LogP contribution in [0.5, 0.6) is 0 Å². The van der Waals surface area contributed by atoms with E-state index in [9.17, 15) is 4.21 Å². The zero-order valence-electron chi connectivity index (χ0n) is 3.05. The highest BCUT2D eigenvalue weighted by atomic mass is 32.2. The predicted octanol–water partition coefficient (Wildman–Crippen LogP) is -0.142. The summed E-state index contributed by atoms with van der Waals surface area (Å²) in [5.41, 5.74) is 0. The maximum atomic E-state index is 9.56. The Balaban J connectivity index is 3.05. The van der Waals surface area contributed by atoms with Crippen molar-refractivity contribution in [1.82, 2.24) is 0 Å². The van der Waals surface area contributed by atoms with E-state index in [1.165, 1.54) is 0 Å². The third-order valence-electron chi connectivity index (χ3n) is 0.226. The Bertz CT molecular complexity index is 71.9. The molecule has 0 fully saturated rings. The van der Waals surface area contributed by atoms with Crippen LogP contribution in [-0.4, -0.2) is 20.7 Å². The second-order valence-corrected chi connectivity index (χ2v) is 1.67. The summed E-state index contributed by atoms with van der Waals surface area (Å²) < 4.78 is 17.4. The minimum absolute atomic E-state index is 0.0556. The lowest BCUT2D eigenvalue weighted by atomic mass is 10.9. The van der Waals surface area contributed by atoms with E-state index in [0.29, 0.717) is 0 Å². The van der Waals surface area contributed by atoms with Gasteiger partial charge in [0, 0.05) is 6.21 Å². The quantitative estimate of drug-likeness (QED) is 0.381. The Morgan fingerprint density at radius 2 is 2.50 bits per heavy atom. The van der Waals surface area contributed by atoms with E-state index in [2.05, 4.69) is 0 Å². The molecule has 0 spiro atoms. The summed E-state index contributed by atoms with van der Waals surface area (Å²) >= 11 is -1.81. The van der Waals surface area contributed by atoms with Crippen LogP contribution in [0.25, 0.3) is 0 Å². The molecule has 0 saturated carbocycles. The average molecular weight is 107 g/mol. The van der Waals surface area contributed by atoms with Crippen LogP contribution < -0.4 is 0 Å². The Kier molecular flexibility index (Phi) is 2.88. The summed E-state index contributed by atoms with van der Waals surface area (Å²) in [6, 6.07) is 0. The molecule has 0 saturated heterocycles. The minimum Gasteiger partial charge on any atom is -0.312 e. The van der Waals surface area contributed by atoms with Gasteiger partial charge >= 0.3 is 0 Å². The zero-order chi connectivity index (χ0) is 4.99. The molecule has 2 N–H and O–H groups in total. The molecule has 0 aromatic rings. The van der Waals surface area contributed by atoms with Crippen molar-refractivity contribution in [2.75, 3.05) is 5.75 Å². The zero-order valence-corrected chi connectivity index (χ0v) is 3.86. The lowest BCUT2D eigenvalue weighted by Crippen LogP contribution is -1.92. The summed E-state index contributed by atoms with van der Waals surface area (Å²) in [5, 5.41) is 6.26. The van der Waals surface area contributed by atoms with E-state index < -0.39 is 11.1 Å². The molecule has 0 aliphatic carbocycles. The SMILES string of the molecule is N=CCS(=O)O. The second-order valence-electron chi connectivity index (χ2n) is 0.692. The molecule has 0 aliphatic heterocycles. The molecule has 0 rings (SSSR count). The van der Waals surface area contributed by atoms with Gasteiger partial charge in [0.25, 0.3) is 0 Å². The smallest absolute Gasteiger partial charge is 0.158 e. The van der Waals surface area contributed by atoms with Crippen molar-refractivity contribution < 1.29 is 8.76 Å². The van der Waals surface area contributed by atoms with Gasteiger partial charge in [0.15, 0.2) is 11.1 Å². The minimum atomic E-state index is -1.81. The van der Waals surface area contributed by atoms with Crippen LogP contribution in [0, 0.1) is 5.41 Å². The molecule has 0 radical (unpaired) electrons. The first-order valence-electron chi connectivity index (χ1n) is 1.33. The molecule has 6 heavy (non-hydrogen) atoms. The summed E-state index contributed by atoms with van der Waals surface area (Å²) in [7, 11) is 0. The van der Waals surface area contributed by atoms with Crippen molar-refractivity contribution in [3.63, 3.8) is 0 Å². The first-order chi connectivity index (χ1) is 2.77. The van der Waals surface area contributed by atoms with Crippen LogP contribution in [0.3, 0.4) is 0 Å². The van der Waals surface area contributed by atoms with Gasteiger partial charge in [-0.3, -0.25) is 0 Å². The molecule has 0 aromatic carbocycles. The van der Waals surface area contributed by atoms with Crippen LogP contribution in [0.15, 0.2) is 0 Å². The third kappa shape index (κ3) is 3.78. The van der Waals surface area contributed by atoms with E-state index in [1.54, 1.807) is 0 Å². The van der Waals surface area contributed by atoms with Gasteiger partial charge in [-0.1, -0.05) is 0 Å². The van der Waals surface area contributed by atoms with E-state index >= 15 is 0 Å². The molecule has 1 atom stereocenters. The maximum absolute atomic E-state index is 9.56. The number of hydrogen-bond acceptors (Lipinski definition) is 2. The molecule has 0 aliphatic rings.